The second-order valence-corrected chi connectivity index (χ2v) is 6.14. The fourth-order valence-corrected chi connectivity index (χ4v) is 3.47. The van der Waals surface area contributed by atoms with Crippen LogP contribution in [0.2, 0.25) is 0 Å². The number of ether oxygens (including phenoxy) is 1. The molecule has 0 bridgehead atoms. The maximum atomic E-state index is 12.8. The summed E-state index contributed by atoms with van der Waals surface area (Å²) in [6.45, 7) is 2.07. The minimum Gasteiger partial charge on any atom is -0.495 e. The van der Waals surface area contributed by atoms with Crippen LogP contribution < -0.4 is 14.8 Å². The number of aromatic nitrogens is 1. The summed E-state index contributed by atoms with van der Waals surface area (Å²) in [5.74, 6) is 0.335. The molecule has 0 aliphatic carbocycles. The summed E-state index contributed by atoms with van der Waals surface area (Å²) < 4.78 is 31.9. The zero-order valence-corrected chi connectivity index (χ0v) is 12.7. The number of methoxy groups -OCH3 is 1. The number of benzene rings is 1. The number of nitrogens with two attached hydrogens (primary N) is 1. The molecule has 2 N–H and O–H groups in total. The van der Waals surface area contributed by atoms with Crippen molar-refractivity contribution in [1.82, 2.24) is 4.98 Å². The standard InChI is InChI=1S/C14H17N3O3S/c1-3-17(11-6-8-16-9-7-11)21(18,19)12-4-5-13(15)14(10-12)20-2/h4-10H,3,15H2,1-2H3. The Morgan fingerprint density at radius 3 is 2.48 bits per heavy atom. The first-order valence-corrected chi connectivity index (χ1v) is 7.81. The smallest absolute Gasteiger partial charge is 0.264 e. The highest BCUT2D eigenvalue weighted by molar-refractivity contribution is 7.92. The van der Waals surface area contributed by atoms with Gasteiger partial charge in [-0.1, -0.05) is 0 Å². The Balaban J connectivity index is 2.50. The van der Waals surface area contributed by atoms with Gasteiger partial charge in [0, 0.05) is 25.0 Å². The van der Waals surface area contributed by atoms with Crippen molar-refractivity contribution in [2.24, 2.45) is 0 Å². The first kappa shape index (κ1) is 15.1. The Hall–Kier alpha value is -2.28. The van der Waals surface area contributed by atoms with E-state index in [4.69, 9.17) is 10.5 Å². The van der Waals surface area contributed by atoms with E-state index >= 15 is 0 Å². The van der Waals surface area contributed by atoms with E-state index in [1.165, 1.54) is 29.6 Å². The lowest BCUT2D eigenvalue weighted by atomic mass is 10.3. The zero-order chi connectivity index (χ0) is 15.5. The molecule has 7 heteroatoms. The molecule has 2 aromatic rings. The Morgan fingerprint density at radius 1 is 1.24 bits per heavy atom. The Bertz CT molecular complexity index is 717. The molecule has 6 nitrogen and oxygen atoms in total. The zero-order valence-electron chi connectivity index (χ0n) is 11.9. The summed E-state index contributed by atoms with van der Waals surface area (Å²) in [6, 6.07) is 7.71. The molecular weight excluding hydrogens is 290 g/mol. The second-order valence-electron chi connectivity index (χ2n) is 4.28. The van der Waals surface area contributed by atoms with Gasteiger partial charge in [-0.25, -0.2) is 8.42 Å². The van der Waals surface area contributed by atoms with Crippen molar-refractivity contribution >= 4 is 21.4 Å². The van der Waals surface area contributed by atoms with Gasteiger partial charge in [0.1, 0.15) is 5.75 Å². The van der Waals surface area contributed by atoms with Gasteiger partial charge in [-0.05, 0) is 31.2 Å². The molecule has 0 spiro atoms. The Labute approximate surface area is 124 Å². The molecule has 0 atom stereocenters. The van der Waals surface area contributed by atoms with Crippen molar-refractivity contribution in [3.63, 3.8) is 0 Å². The highest BCUT2D eigenvalue weighted by Crippen LogP contribution is 2.28. The molecule has 0 aliphatic rings. The fourth-order valence-electron chi connectivity index (χ4n) is 1.98. The topological polar surface area (TPSA) is 85.5 Å². The number of rotatable bonds is 5. The molecule has 0 amide bonds. The molecular formula is C14H17N3O3S. The van der Waals surface area contributed by atoms with Crippen LogP contribution in [0, 0.1) is 0 Å². The first-order valence-electron chi connectivity index (χ1n) is 6.37. The summed E-state index contributed by atoms with van der Waals surface area (Å²) in [7, 11) is -2.24. The first-order chi connectivity index (χ1) is 10.0. The number of pyridine rings is 1. The van der Waals surface area contributed by atoms with Gasteiger partial charge in [-0.2, -0.15) is 0 Å². The van der Waals surface area contributed by atoms with E-state index in [0.29, 0.717) is 23.7 Å². The molecule has 0 aliphatic heterocycles. The quantitative estimate of drug-likeness (QED) is 0.853. The van der Waals surface area contributed by atoms with E-state index in [-0.39, 0.29) is 4.90 Å². The molecule has 1 aromatic heterocycles. The minimum atomic E-state index is -3.68. The molecule has 0 saturated heterocycles. The van der Waals surface area contributed by atoms with Crippen LogP contribution in [0.15, 0.2) is 47.6 Å². The van der Waals surface area contributed by atoms with Crippen LogP contribution >= 0.6 is 0 Å². The van der Waals surface area contributed by atoms with Gasteiger partial charge >= 0.3 is 0 Å². The van der Waals surface area contributed by atoms with E-state index in [1.54, 1.807) is 31.5 Å². The van der Waals surface area contributed by atoms with Gasteiger partial charge in [-0.3, -0.25) is 9.29 Å². The van der Waals surface area contributed by atoms with E-state index in [9.17, 15) is 8.42 Å². The van der Waals surface area contributed by atoms with Gasteiger partial charge in [0.2, 0.25) is 0 Å². The lowest BCUT2D eigenvalue weighted by molar-refractivity contribution is 0.415. The average molecular weight is 307 g/mol. The van der Waals surface area contributed by atoms with Crippen molar-refractivity contribution in [2.45, 2.75) is 11.8 Å². The van der Waals surface area contributed by atoms with E-state index < -0.39 is 10.0 Å². The van der Waals surface area contributed by atoms with Crippen molar-refractivity contribution in [3.8, 4) is 5.75 Å². The van der Waals surface area contributed by atoms with Crippen LogP contribution in [0.5, 0.6) is 5.75 Å². The van der Waals surface area contributed by atoms with Crippen LogP contribution in [-0.4, -0.2) is 27.1 Å². The summed E-state index contributed by atoms with van der Waals surface area (Å²) in [5, 5.41) is 0. The molecule has 112 valence electrons. The highest BCUT2D eigenvalue weighted by atomic mass is 32.2. The van der Waals surface area contributed by atoms with Gasteiger partial charge in [-0.15, -0.1) is 0 Å². The van der Waals surface area contributed by atoms with Crippen LogP contribution in [-0.2, 0) is 10.0 Å². The van der Waals surface area contributed by atoms with Gasteiger partial charge in [0.25, 0.3) is 10.0 Å². The molecule has 21 heavy (non-hydrogen) atoms. The SMILES string of the molecule is CCN(c1ccncc1)S(=O)(=O)c1ccc(N)c(OC)c1. The van der Waals surface area contributed by atoms with Crippen LogP contribution in [0.25, 0.3) is 0 Å². The molecule has 0 fully saturated rings. The Kier molecular flexibility index (Phi) is 4.32. The van der Waals surface area contributed by atoms with Gasteiger partial charge in [0.05, 0.1) is 23.4 Å². The minimum absolute atomic E-state index is 0.132. The summed E-state index contributed by atoms with van der Waals surface area (Å²) >= 11 is 0. The molecule has 1 aromatic carbocycles. The number of hydrogen-bond donors (Lipinski definition) is 1. The molecule has 1 heterocycles. The monoisotopic (exact) mass is 307 g/mol. The lowest BCUT2D eigenvalue weighted by Gasteiger charge is -2.23. The van der Waals surface area contributed by atoms with Gasteiger partial charge in [0.15, 0.2) is 0 Å². The van der Waals surface area contributed by atoms with Crippen molar-refractivity contribution in [1.29, 1.82) is 0 Å². The molecule has 2 rings (SSSR count). The maximum Gasteiger partial charge on any atom is 0.264 e. The second kappa shape index (κ2) is 6.01. The summed E-state index contributed by atoms with van der Waals surface area (Å²) in [5.41, 5.74) is 6.67. The third-order valence-corrected chi connectivity index (χ3v) is 4.93. The number of anilines is 2. The largest absolute Gasteiger partial charge is 0.495 e. The fraction of sp³-hybridized carbons (Fsp3) is 0.214. The molecule has 0 unspecified atom stereocenters. The molecule has 0 radical (unpaired) electrons. The number of nitrogen functional groups attached to an aromatic ring is 1. The van der Waals surface area contributed by atoms with Crippen LogP contribution in [0.3, 0.4) is 0 Å². The maximum absolute atomic E-state index is 12.8. The van der Waals surface area contributed by atoms with Gasteiger partial charge < -0.3 is 10.5 Å². The number of hydrogen-bond acceptors (Lipinski definition) is 5. The van der Waals surface area contributed by atoms with Crippen LogP contribution in [0.4, 0.5) is 11.4 Å². The van der Waals surface area contributed by atoms with E-state index in [2.05, 4.69) is 4.98 Å². The van der Waals surface area contributed by atoms with E-state index in [1.807, 2.05) is 0 Å². The van der Waals surface area contributed by atoms with E-state index in [0.717, 1.165) is 0 Å². The number of nitrogens with zero attached hydrogens (tertiary/aromatic N) is 2. The average Bonchev–Trinajstić information content (AvgIpc) is 2.49. The number of sulfonamides is 1. The normalized spacial score (nSPS) is 11.1. The lowest BCUT2D eigenvalue weighted by Crippen LogP contribution is -2.30. The highest BCUT2D eigenvalue weighted by Gasteiger charge is 2.24. The van der Waals surface area contributed by atoms with Crippen molar-refractivity contribution < 1.29 is 13.2 Å². The predicted molar refractivity (Wildman–Crippen MR) is 81.8 cm³/mol. The van der Waals surface area contributed by atoms with Crippen molar-refractivity contribution in [2.75, 3.05) is 23.7 Å². The third kappa shape index (κ3) is 2.92. The Morgan fingerprint density at radius 2 is 1.90 bits per heavy atom. The summed E-state index contributed by atoms with van der Waals surface area (Å²) in [4.78, 5) is 4.03. The predicted octanol–water partition coefficient (Wildman–Crippen LogP) is 1.89. The van der Waals surface area contributed by atoms with Crippen molar-refractivity contribution in [3.05, 3.63) is 42.7 Å². The van der Waals surface area contributed by atoms with Crippen LogP contribution in [0.1, 0.15) is 6.92 Å². The third-order valence-electron chi connectivity index (χ3n) is 3.03. The molecule has 0 saturated carbocycles. The summed E-state index contributed by atoms with van der Waals surface area (Å²) in [6.07, 6.45) is 3.11.